The smallest absolute Gasteiger partial charge is 0.146 e. The molecule has 2 aliphatic rings. The van der Waals surface area contributed by atoms with Gasteiger partial charge in [0.25, 0.3) is 0 Å². The van der Waals surface area contributed by atoms with Crippen LogP contribution in [0.3, 0.4) is 0 Å². The minimum Gasteiger partial charge on any atom is -0.379 e. The molecule has 4 rings (SSSR count). The Morgan fingerprint density at radius 1 is 1.15 bits per heavy atom. The minimum absolute atomic E-state index is 0.529. The largest absolute Gasteiger partial charge is 0.379 e. The first-order valence-electron chi connectivity index (χ1n) is 10.0. The van der Waals surface area contributed by atoms with Crippen LogP contribution in [0.4, 0.5) is 5.82 Å². The summed E-state index contributed by atoms with van der Waals surface area (Å²) in [6, 6.07) is 0.529. The molecule has 0 bridgehead atoms. The Hall–Kier alpha value is -1.24. The van der Waals surface area contributed by atoms with Crippen LogP contribution in [-0.4, -0.2) is 54.3 Å². The average molecular weight is 375 g/mol. The molecule has 0 saturated carbocycles. The molecule has 3 heterocycles. The third kappa shape index (κ3) is 3.35. The standard InChI is InChI=1S/C20H30N4OS/c1-4-14(5-2)23(3)19-18-15-7-6-8-16(15)26-20(18)22-17(21-19)13-24-9-11-25-12-10-24/h14H,4-13H2,1-3H3. The first-order chi connectivity index (χ1) is 12.7. The number of hydrogen-bond acceptors (Lipinski definition) is 6. The zero-order chi connectivity index (χ0) is 18.1. The number of hydrogen-bond donors (Lipinski definition) is 0. The normalized spacial score (nSPS) is 18.0. The molecule has 26 heavy (non-hydrogen) atoms. The second-order valence-corrected chi connectivity index (χ2v) is 8.55. The van der Waals surface area contributed by atoms with E-state index in [1.807, 2.05) is 11.3 Å². The van der Waals surface area contributed by atoms with Crippen molar-refractivity contribution in [1.29, 1.82) is 0 Å². The molecule has 6 heteroatoms. The Kier molecular flexibility index (Phi) is 5.43. The molecule has 0 atom stereocenters. The van der Waals surface area contributed by atoms with E-state index in [1.165, 1.54) is 39.9 Å². The Balaban J connectivity index is 1.75. The fraction of sp³-hybridized carbons (Fsp3) is 0.700. The van der Waals surface area contributed by atoms with Crippen LogP contribution in [0.5, 0.6) is 0 Å². The van der Waals surface area contributed by atoms with Crippen LogP contribution in [0.25, 0.3) is 10.2 Å². The molecule has 2 aromatic rings. The Morgan fingerprint density at radius 3 is 2.65 bits per heavy atom. The molecule has 142 valence electrons. The third-order valence-electron chi connectivity index (χ3n) is 5.88. The Bertz CT molecular complexity index is 765. The third-order valence-corrected chi connectivity index (χ3v) is 7.07. The first-order valence-corrected chi connectivity index (χ1v) is 10.9. The average Bonchev–Trinajstić information content (AvgIpc) is 3.23. The maximum absolute atomic E-state index is 5.48. The molecule has 0 radical (unpaired) electrons. The molecule has 0 amide bonds. The lowest BCUT2D eigenvalue weighted by molar-refractivity contribution is 0.0331. The second-order valence-electron chi connectivity index (χ2n) is 7.47. The van der Waals surface area contributed by atoms with Gasteiger partial charge >= 0.3 is 0 Å². The monoisotopic (exact) mass is 374 g/mol. The van der Waals surface area contributed by atoms with Crippen LogP contribution in [0.1, 0.15) is 49.4 Å². The van der Waals surface area contributed by atoms with E-state index in [0.717, 1.165) is 57.3 Å². The van der Waals surface area contributed by atoms with Gasteiger partial charge in [0.05, 0.1) is 25.1 Å². The van der Waals surface area contributed by atoms with E-state index >= 15 is 0 Å². The van der Waals surface area contributed by atoms with Crippen molar-refractivity contribution >= 4 is 27.4 Å². The highest BCUT2D eigenvalue weighted by molar-refractivity contribution is 7.19. The molecule has 0 spiro atoms. The van der Waals surface area contributed by atoms with Crippen molar-refractivity contribution in [1.82, 2.24) is 14.9 Å². The fourth-order valence-corrected chi connectivity index (χ4v) is 5.59. The number of morpholine rings is 1. The number of thiophene rings is 1. The number of rotatable bonds is 6. The van der Waals surface area contributed by atoms with Crippen molar-refractivity contribution in [2.45, 2.75) is 58.5 Å². The summed E-state index contributed by atoms with van der Waals surface area (Å²) in [7, 11) is 2.22. The number of fused-ring (bicyclic) bond motifs is 3. The van der Waals surface area contributed by atoms with Gasteiger partial charge in [-0.25, -0.2) is 9.97 Å². The molecule has 1 saturated heterocycles. The summed E-state index contributed by atoms with van der Waals surface area (Å²) < 4.78 is 5.48. The zero-order valence-electron chi connectivity index (χ0n) is 16.3. The highest BCUT2D eigenvalue weighted by Gasteiger charge is 2.26. The van der Waals surface area contributed by atoms with Gasteiger partial charge in [-0.05, 0) is 37.7 Å². The summed E-state index contributed by atoms with van der Waals surface area (Å²) >= 11 is 1.90. The van der Waals surface area contributed by atoms with Gasteiger partial charge in [0.1, 0.15) is 16.5 Å². The van der Waals surface area contributed by atoms with E-state index in [1.54, 1.807) is 0 Å². The summed E-state index contributed by atoms with van der Waals surface area (Å²) in [6.07, 6.45) is 5.96. The molecular weight excluding hydrogens is 344 g/mol. The number of ether oxygens (including phenoxy) is 1. The highest BCUT2D eigenvalue weighted by Crippen LogP contribution is 2.41. The molecule has 0 N–H and O–H groups in total. The van der Waals surface area contributed by atoms with Gasteiger partial charge in [-0.3, -0.25) is 4.90 Å². The van der Waals surface area contributed by atoms with Crippen molar-refractivity contribution in [3.63, 3.8) is 0 Å². The summed E-state index contributed by atoms with van der Waals surface area (Å²) in [4.78, 5) is 17.6. The predicted octanol–water partition coefficient (Wildman–Crippen LogP) is 3.64. The summed E-state index contributed by atoms with van der Waals surface area (Å²) in [5.41, 5.74) is 1.52. The van der Waals surface area contributed by atoms with Gasteiger partial charge < -0.3 is 9.64 Å². The predicted molar refractivity (Wildman–Crippen MR) is 108 cm³/mol. The molecule has 1 aliphatic heterocycles. The van der Waals surface area contributed by atoms with Crippen molar-refractivity contribution < 1.29 is 4.74 Å². The van der Waals surface area contributed by atoms with Gasteiger partial charge in [-0.2, -0.15) is 0 Å². The first kappa shape index (κ1) is 18.1. The highest BCUT2D eigenvalue weighted by atomic mass is 32.1. The van der Waals surface area contributed by atoms with Gasteiger partial charge in [0, 0.05) is 31.1 Å². The number of anilines is 1. The second kappa shape index (κ2) is 7.79. The maximum atomic E-state index is 5.48. The van der Waals surface area contributed by atoms with Crippen molar-refractivity contribution in [2.24, 2.45) is 0 Å². The quantitative estimate of drug-likeness (QED) is 0.772. The van der Waals surface area contributed by atoms with Crippen molar-refractivity contribution in [2.75, 3.05) is 38.3 Å². The lowest BCUT2D eigenvalue weighted by atomic mass is 10.1. The van der Waals surface area contributed by atoms with Crippen LogP contribution in [0.15, 0.2) is 0 Å². The van der Waals surface area contributed by atoms with Crippen LogP contribution in [0, 0.1) is 0 Å². The molecule has 0 aromatic carbocycles. The van der Waals surface area contributed by atoms with E-state index in [-0.39, 0.29) is 0 Å². The fourth-order valence-electron chi connectivity index (χ4n) is 4.31. The molecule has 2 aromatic heterocycles. The summed E-state index contributed by atoms with van der Waals surface area (Å²) in [5, 5.41) is 1.34. The van der Waals surface area contributed by atoms with Gasteiger partial charge in [0.15, 0.2) is 0 Å². The Labute approximate surface area is 160 Å². The van der Waals surface area contributed by atoms with E-state index in [2.05, 4.69) is 30.7 Å². The lowest BCUT2D eigenvalue weighted by Crippen LogP contribution is -2.36. The molecule has 1 aliphatic carbocycles. The summed E-state index contributed by atoms with van der Waals surface area (Å²) in [6.45, 7) is 8.95. The molecule has 5 nitrogen and oxygen atoms in total. The molecule has 0 unspecified atom stereocenters. The van der Waals surface area contributed by atoms with Crippen LogP contribution in [0.2, 0.25) is 0 Å². The van der Waals surface area contributed by atoms with Gasteiger partial charge in [-0.15, -0.1) is 11.3 Å². The Morgan fingerprint density at radius 2 is 1.92 bits per heavy atom. The van der Waals surface area contributed by atoms with E-state index in [4.69, 9.17) is 14.7 Å². The minimum atomic E-state index is 0.529. The van der Waals surface area contributed by atoms with Crippen LogP contribution < -0.4 is 4.90 Å². The SMILES string of the molecule is CCC(CC)N(C)c1nc(CN2CCOCC2)nc2sc3c(c12)CCC3. The van der Waals surface area contributed by atoms with Crippen LogP contribution >= 0.6 is 11.3 Å². The van der Waals surface area contributed by atoms with E-state index in [0.29, 0.717) is 6.04 Å². The van der Waals surface area contributed by atoms with Gasteiger partial charge in [-0.1, -0.05) is 13.8 Å². The lowest BCUT2D eigenvalue weighted by Gasteiger charge is -2.29. The number of aromatic nitrogens is 2. The van der Waals surface area contributed by atoms with Gasteiger partial charge in [0.2, 0.25) is 0 Å². The zero-order valence-corrected chi connectivity index (χ0v) is 17.1. The number of nitrogens with zero attached hydrogens (tertiary/aromatic N) is 4. The molecule has 1 fully saturated rings. The summed E-state index contributed by atoms with van der Waals surface area (Å²) in [5.74, 6) is 2.12. The number of aryl methyl sites for hydroxylation is 2. The van der Waals surface area contributed by atoms with Crippen molar-refractivity contribution in [3.8, 4) is 0 Å². The van der Waals surface area contributed by atoms with E-state index in [9.17, 15) is 0 Å². The van der Waals surface area contributed by atoms with E-state index < -0.39 is 0 Å². The molecular formula is C20H30N4OS. The van der Waals surface area contributed by atoms with Crippen LogP contribution in [-0.2, 0) is 24.1 Å². The maximum Gasteiger partial charge on any atom is 0.146 e. The topological polar surface area (TPSA) is 41.5 Å². The van der Waals surface area contributed by atoms with Crippen molar-refractivity contribution in [3.05, 3.63) is 16.3 Å².